The van der Waals surface area contributed by atoms with Crippen molar-refractivity contribution >= 4 is 32.8 Å². The first-order valence-corrected chi connectivity index (χ1v) is 12.9. The summed E-state index contributed by atoms with van der Waals surface area (Å²) in [5.74, 6) is 2.42. The molecule has 2 heterocycles. The third kappa shape index (κ3) is 3.51. The predicted octanol–water partition coefficient (Wildman–Crippen LogP) is 7.62. The largest absolute Gasteiger partial charge is 0.303 e. The van der Waals surface area contributed by atoms with Crippen molar-refractivity contribution in [2.45, 2.75) is 55.4 Å². The molecule has 0 aliphatic carbocycles. The van der Waals surface area contributed by atoms with Gasteiger partial charge >= 0.3 is 0 Å². The second kappa shape index (κ2) is 7.92. The molecule has 0 bridgehead atoms. The van der Waals surface area contributed by atoms with Crippen LogP contribution < -0.4 is 14.4 Å². The summed E-state index contributed by atoms with van der Waals surface area (Å²) >= 11 is 0. The molecule has 1 atom stereocenters. The van der Waals surface area contributed by atoms with Crippen LogP contribution in [0.15, 0.2) is 42.5 Å². The molecule has 0 amide bonds. The van der Waals surface area contributed by atoms with Crippen molar-refractivity contribution in [3.8, 4) is 0 Å². The van der Waals surface area contributed by atoms with Crippen LogP contribution in [0.2, 0.25) is 0 Å². The first-order chi connectivity index (χ1) is 14.2. The zero-order valence-corrected chi connectivity index (χ0v) is 21.3. The van der Waals surface area contributed by atoms with E-state index in [2.05, 4.69) is 107 Å². The van der Waals surface area contributed by atoms with E-state index in [0.717, 1.165) is 8.19 Å². The van der Waals surface area contributed by atoms with Gasteiger partial charge in [-0.1, -0.05) is 35.4 Å². The van der Waals surface area contributed by atoms with Crippen molar-refractivity contribution < 1.29 is 0 Å². The zero-order chi connectivity index (χ0) is 21.7. The molecule has 2 aromatic carbocycles. The molecular formula is C26H32N2P2. The van der Waals surface area contributed by atoms with Gasteiger partial charge in [0.05, 0.1) is 11.4 Å². The SMILES string of the molecule is Cc1cc(C)c(N2C=CN(c3c(C)cc(C)cc3C)P2c2[pH]cc(C)c2C)c(C)c1. The number of aryl methyl sites for hydroxylation is 7. The summed E-state index contributed by atoms with van der Waals surface area (Å²) in [5.41, 5.74) is 13.7. The lowest BCUT2D eigenvalue weighted by Crippen LogP contribution is -2.24. The smallest absolute Gasteiger partial charge is 0.142 e. The Hall–Kier alpha value is -2.01. The number of nitrogens with zero attached hydrogens (tertiary/aromatic N) is 2. The molecule has 1 aliphatic rings. The van der Waals surface area contributed by atoms with E-state index in [1.165, 1.54) is 55.9 Å². The van der Waals surface area contributed by atoms with Crippen molar-refractivity contribution in [3.63, 3.8) is 0 Å². The summed E-state index contributed by atoms with van der Waals surface area (Å²) in [5, 5.41) is 1.59. The van der Waals surface area contributed by atoms with Crippen molar-refractivity contribution in [3.05, 3.63) is 87.0 Å². The van der Waals surface area contributed by atoms with E-state index < -0.39 is 8.22 Å². The van der Waals surface area contributed by atoms with Crippen LogP contribution in [0.25, 0.3) is 0 Å². The molecule has 0 spiro atoms. The predicted molar refractivity (Wildman–Crippen MR) is 137 cm³/mol. The van der Waals surface area contributed by atoms with E-state index in [1.54, 1.807) is 5.04 Å². The van der Waals surface area contributed by atoms with Crippen LogP contribution in [-0.2, 0) is 0 Å². The van der Waals surface area contributed by atoms with Gasteiger partial charge in [0.1, 0.15) is 8.22 Å². The molecular weight excluding hydrogens is 402 g/mol. The van der Waals surface area contributed by atoms with Crippen LogP contribution in [0.3, 0.4) is 0 Å². The Morgan fingerprint density at radius 3 is 1.33 bits per heavy atom. The zero-order valence-electron chi connectivity index (χ0n) is 19.4. The van der Waals surface area contributed by atoms with Crippen molar-refractivity contribution in [1.82, 2.24) is 0 Å². The molecule has 0 N–H and O–H groups in total. The highest BCUT2D eigenvalue weighted by atomic mass is 31.2. The van der Waals surface area contributed by atoms with Crippen molar-refractivity contribution in [2.24, 2.45) is 0 Å². The highest BCUT2D eigenvalue weighted by molar-refractivity contribution is 7.77. The lowest BCUT2D eigenvalue weighted by molar-refractivity contribution is 1.26. The molecule has 1 aromatic heterocycles. The van der Waals surface area contributed by atoms with E-state index in [-0.39, 0.29) is 0 Å². The summed E-state index contributed by atoms with van der Waals surface area (Å²) in [4.78, 5) is 0. The second-order valence-corrected chi connectivity index (χ2v) is 12.1. The highest BCUT2D eigenvalue weighted by Crippen LogP contribution is 2.57. The van der Waals surface area contributed by atoms with Crippen LogP contribution in [0, 0.1) is 55.4 Å². The van der Waals surface area contributed by atoms with Crippen LogP contribution in [-0.4, -0.2) is 0 Å². The molecule has 0 saturated carbocycles. The second-order valence-electron chi connectivity index (χ2n) is 8.72. The lowest BCUT2D eigenvalue weighted by atomic mass is 10.1. The Morgan fingerprint density at radius 1 is 0.600 bits per heavy atom. The molecule has 0 radical (unpaired) electrons. The van der Waals surface area contributed by atoms with Gasteiger partial charge in [0.25, 0.3) is 0 Å². The van der Waals surface area contributed by atoms with Crippen molar-refractivity contribution in [2.75, 3.05) is 9.34 Å². The summed E-state index contributed by atoms with van der Waals surface area (Å²) in [6.07, 6.45) is 4.63. The highest BCUT2D eigenvalue weighted by Gasteiger charge is 2.35. The molecule has 4 heteroatoms. The summed E-state index contributed by atoms with van der Waals surface area (Å²) in [6, 6.07) is 9.26. The third-order valence-electron chi connectivity index (χ3n) is 6.06. The van der Waals surface area contributed by atoms with Gasteiger partial charge in [-0.2, -0.15) is 0 Å². The lowest BCUT2D eigenvalue weighted by Gasteiger charge is -2.35. The minimum Gasteiger partial charge on any atom is -0.303 e. The molecule has 4 rings (SSSR count). The Kier molecular flexibility index (Phi) is 5.60. The molecule has 3 aromatic rings. The van der Waals surface area contributed by atoms with Gasteiger partial charge in [-0.15, -0.1) is 8.19 Å². The standard InChI is InChI=1S/C26H32N2P2/c1-16-11-18(3)24(19(4)12-16)27-9-10-28(25-20(5)13-17(2)14-21(25)6)30(27)26-23(8)22(7)15-29-26/h9-15,29H,1-8H3. The Labute approximate surface area is 184 Å². The summed E-state index contributed by atoms with van der Waals surface area (Å²) in [6.45, 7) is 18.0. The van der Waals surface area contributed by atoms with E-state index >= 15 is 0 Å². The van der Waals surface area contributed by atoms with Crippen LogP contribution in [0.4, 0.5) is 11.4 Å². The minimum absolute atomic E-state index is 0.680. The van der Waals surface area contributed by atoms with Crippen molar-refractivity contribution in [1.29, 1.82) is 0 Å². The maximum absolute atomic E-state index is 2.57. The molecule has 156 valence electrons. The number of benzene rings is 2. The van der Waals surface area contributed by atoms with Crippen LogP contribution in [0.1, 0.15) is 44.5 Å². The normalized spacial score (nSPS) is 14.5. The molecule has 2 nitrogen and oxygen atoms in total. The number of hydrogen-bond donors (Lipinski definition) is 0. The van der Waals surface area contributed by atoms with Gasteiger partial charge in [-0.05, 0) is 94.6 Å². The van der Waals surface area contributed by atoms with E-state index in [1.807, 2.05) is 0 Å². The topological polar surface area (TPSA) is 6.48 Å². The Bertz CT molecular complexity index is 1040. The van der Waals surface area contributed by atoms with Gasteiger partial charge in [-0.25, -0.2) is 0 Å². The average Bonchev–Trinajstić information content (AvgIpc) is 3.18. The van der Waals surface area contributed by atoms with Gasteiger partial charge in [-0.3, -0.25) is 0 Å². The van der Waals surface area contributed by atoms with Gasteiger partial charge < -0.3 is 9.34 Å². The molecule has 0 fully saturated rings. The number of rotatable bonds is 3. The molecule has 1 unspecified atom stereocenters. The quantitative estimate of drug-likeness (QED) is 0.391. The van der Waals surface area contributed by atoms with Gasteiger partial charge in [0.2, 0.25) is 0 Å². The Morgan fingerprint density at radius 2 is 1.00 bits per heavy atom. The molecule has 30 heavy (non-hydrogen) atoms. The van der Waals surface area contributed by atoms with Crippen LogP contribution >= 0.6 is 16.4 Å². The van der Waals surface area contributed by atoms with Gasteiger partial charge in [0.15, 0.2) is 0 Å². The first kappa shape index (κ1) is 21.2. The summed E-state index contributed by atoms with van der Waals surface area (Å²) < 4.78 is 5.13. The molecule has 0 saturated heterocycles. The fourth-order valence-corrected chi connectivity index (χ4v) is 9.55. The average molecular weight is 435 g/mol. The van der Waals surface area contributed by atoms with E-state index in [9.17, 15) is 0 Å². The molecule has 1 aliphatic heterocycles. The third-order valence-corrected chi connectivity index (χ3v) is 10.5. The minimum atomic E-state index is -0.680. The van der Waals surface area contributed by atoms with E-state index in [0.29, 0.717) is 0 Å². The van der Waals surface area contributed by atoms with Crippen LogP contribution in [0.5, 0.6) is 0 Å². The number of hydrogen-bond acceptors (Lipinski definition) is 2. The summed E-state index contributed by atoms with van der Waals surface area (Å²) in [7, 11) is 0.0813. The maximum atomic E-state index is 2.57. The fourth-order valence-electron chi connectivity index (χ4n) is 4.77. The Balaban J connectivity index is 1.92. The maximum Gasteiger partial charge on any atom is 0.142 e. The fraction of sp³-hybridized carbons (Fsp3) is 0.308. The monoisotopic (exact) mass is 434 g/mol. The van der Waals surface area contributed by atoms with E-state index in [4.69, 9.17) is 0 Å². The van der Waals surface area contributed by atoms with Gasteiger partial charge in [0, 0.05) is 17.4 Å². The number of anilines is 2. The first-order valence-electron chi connectivity index (χ1n) is 10.6.